The number of hydrogen-bond acceptors (Lipinski definition) is 2. The van der Waals surface area contributed by atoms with Crippen LogP contribution in [0.3, 0.4) is 0 Å². The zero-order valence-corrected chi connectivity index (χ0v) is 8.24. The monoisotopic (exact) mass is 169 g/mol. The lowest BCUT2D eigenvalue weighted by molar-refractivity contribution is 0.345. The van der Waals surface area contributed by atoms with Crippen LogP contribution in [0.15, 0.2) is 10.8 Å². The summed E-state index contributed by atoms with van der Waals surface area (Å²) < 4.78 is 0. The van der Waals surface area contributed by atoms with E-state index >= 15 is 0 Å². The molecule has 1 rings (SSSR count). The van der Waals surface area contributed by atoms with Crippen molar-refractivity contribution in [2.24, 2.45) is 0 Å². The fourth-order valence-electron chi connectivity index (χ4n) is 0.951. The SMILES string of the molecule is CCN(C)Cc1cscc1C. The van der Waals surface area contributed by atoms with Crippen molar-refractivity contribution in [2.75, 3.05) is 13.6 Å². The van der Waals surface area contributed by atoms with Gasteiger partial charge in [0, 0.05) is 6.54 Å². The van der Waals surface area contributed by atoms with E-state index in [4.69, 9.17) is 0 Å². The quantitative estimate of drug-likeness (QED) is 0.672. The van der Waals surface area contributed by atoms with Crippen LogP contribution in [0.25, 0.3) is 0 Å². The van der Waals surface area contributed by atoms with E-state index in [0.717, 1.165) is 13.1 Å². The van der Waals surface area contributed by atoms with Crippen molar-refractivity contribution in [3.63, 3.8) is 0 Å². The van der Waals surface area contributed by atoms with Gasteiger partial charge in [0.1, 0.15) is 0 Å². The highest BCUT2D eigenvalue weighted by molar-refractivity contribution is 7.08. The van der Waals surface area contributed by atoms with Crippen LogP contribution in [-0.2, 0) is 6.54 Å². The van der Waals surface area contributed by atoms with Gasteiger partial charge in [0.05, 0.1) is 0 Å². The fourth-order valence-corrected chi connectivity index (χ4v) is 1.80. The van der Waals surface area contributed by atoms with Crippen molar-refractivity contribution in [1.29, 1.82) is 0 Å². The van der Waals surface area contributed by atoms with Crippen molar-refractivity contribution in [2.45, 2.75) is 20.4 Å². The molecule has 0 radical (unpaired) electrons. The molecule has 0 saturated heterocycles. The van der Waals surface area contributed by atoms with Crippen LogP contribution >= 0.6 is 11.3 Å². The molecule has 0 amide bonds. The molecule has 1 aromatic rings. The first-order chi connectivity index (χ1) is 5.24. The molecule has 0 N–H and O–H groups in total. The molecule has 11 heavy (non-hydrogen) atoms. The number of aryl methyl sites for hydroxylation is 1. The Labute approximate surface area is 72.7 Å². The first kappa shape index (κ1) is 8.75. The fraction of sp³-hybridized carbons (Fsp3) is 0.556. The van der Waals surface area contributed by atoms with Crippen molar-refractivity contribution in [1.82, 2.24) is 4.90 Å². The maximum absolute atomic E-state index is 2.31. The standard InChI is InChI=1S/C9H15NS/c1-4-10(3)5-9-7-11-6-8(9)2/h6-7H,4-5H2,1-3H3. The van der Waals surface area contributed by atoms with E-state index in [0.29, 0.717) is 0 Å². The lowest BCUT2D eigenvalue weighted by Crippen LogP contribution is -2.16. The van der Waals surface area contributed by atoms with E-state index in [2.05, 4.69) is 36.6 Å². The second-order valence-electron chi connectivity index (χ2n) is 2.91. The van der Waals surface area contributed by atoms with E-state index in [1.54, 1.807) is 11.3 Å². The second kappa shape index (κ2) is 3.88. The van der Waals surface area contributed by atoms with Gasteiger partial charge in [0.25, 0.3) is 0 Å². The van der Waals surface area contributed by atoms with Crippen molar-refractivity contribution < 1.29 is 0 Å². The van der Waals surface area contributed by atoms with E-state index < -0.39 is 0 Å². The minimum absolute atomic E-state index is 1.09. The normalized spacial score (nSPS) is 10.9. The Hall–Kier alpha value is -0.340. The average Bonchev–Trinajstić information content (AvgIpc) is 2.37. The molecule has 0 atom stereocenters. The molecule has 0 aliphatic carbocycles. The molecule has 0 aliphatic rings. The maximum atomic E-state index is 2.31. The highest BCUT2D eigenvalue weighted by Crippen LogP contribution is 2.14. The molecule has 62 valence electrons. The Morgan fingerprint density at radius 2 is 2.18 bits per heavy atom. The van der Waals surface area contributed by atoms with E-state index in [1.807, 2.05) is 0 Å². The predicted molar refractivity (Wildman–Crippen MR) is 51.1 cm³/mol. The first-order valence-corrected chi connectivity index (χ1v) is 4.88. The molecular weight excluding hydrogens is 154 g/mol. The number of rotatable bonds is 3. The van der Waals surface area contributed by atoms with Gasteiger partial charge >= 0.3 is 0 Å². The molecule has 0 bridgehead atoms. The topological polar surface area (TPSA) is 3.24 Å². The summed E-state index contributed by atoms with van der Waals surface area (Å²) >= 11 is 1.79. The lowest BCUT2D eigenvalue weighted by Gasteiger charge is -2.12. The summed E-state index contributed by atoms with van der Waals surface area (Å²) in [7, 11) is 2.15. The molecule has 0 unspecified atom stereocenters. The summed E-state index contributed by atoms with van der Waals surface area (Å²) in [5, 5.41) is 4.44. The molecule has 0 aliphatic heterocycles. The Balaban J connectivity index is 2.56. The minimum Gasteiger partial charge on any atom is -0.302 e. The van der Waals surface area contributed by atoms with Crippen LogP contribution < -0.4 is 0 Å². The van der Waals surface area contributed by atoms with E-state index in [1.165, 1.54) is 11.1 Å². The smallest absolute Gasteiger partial charge is 0.0241 e. The van der Waals surface area contributed by atoms with Crippen LogP contribution in [0.2, 0.25) is 0 Å². The Bertz CT molecular complexity index is 217. The molecule has 0 spiro atoms. The van der Waals surface area contributed by atoms with Crippen LogP contribution in [-0.4, -0.2) is 18.5 Å². The summed E-state index contributed by atoms with van der Waals surface area (Å²) in [6, 6.07) is 0. The third-order valence-electron chi connectivity index (χ3n) is 1.94. The maximum Gasteiger partial charge on any atom is 0.0241 e. The molecule has 0 aromatic carbocycles. The summed E-state index contributed by atoms with van der Waals surface area (Å²) in [5.41, 5.74) is 2.90. The zero-order valence-electron chi connectivity index (χ0n) is 7.42. The van der Waals surface area contributed by atoms with Gasteiger partial charge in [-0.05, 0) is 42.4 Å². The van der Waals surface area contributed by atoms with Crippen LogP contribution in [0.5, 0.6) is 0 Å². The number of thiophene rings is 1. The molecule has 1 nitrogen and oxygen atoms in total. The molecular formula is C9H15NS. The first-order valence-electron chi connectivity index (χ1n) is 3.94. The lowest BCUT2D eigenvalue weighted by atomic mass is 10.2. The molecule has 0 fully saturated rings. The van der Waals surface area contributed by atoms with Gasteiger partial charge in [-0.3, -0.25) is 0 Å². The minimum atomic E-state index is 1.09. The molecule has 1 heterocycles. The van der Waals surface area contributed by atoms with Gasteiger partial charge in [-0.2, -0.15) is 11.3 Å². The number of hydrogen-bond donors (Lipinski definition) is 0. The van der Waals surface area contributed by atoms with Crippen LogP contribution in [0.4, 0.5) is 0 Å². The van der Waals surface area contributed by atoms with Gasteiger partial charge in [-0.15, -0.1) is 0 Å². The van der Waals surface area contributed by atoms with Gasteiger partial charge in [0.2, 0.25) is 0 Å². The van der Waals surface area contributed by atoms with Crippen LogP contribution in [0, 0.1) is 6.92 Å². The Kier molecular flexibility index (Phi) is 3.09. The van der Waals surface area contributed by atoms with E-state index in [-0.39, 0.29) is 0 Å². The molecule has 1 aromatic heterocycles. The van der Waals surface area contributed by atoms with Gasteiger partial charge < -0.3 is 4.90 Å². The van der Waals surface area contributed by atoms with Gasteiger partial charge in [0.15, 0.2) is 0 Å². The molecule has 2 heteroatoms. The number of nitrogens with zero attached hydrogens (tertiary/aromatic N) is 1. The predicted octanol–water partition coefficient (Wildman–Crippen LogP) is 2.51. The van der Waals surface area contributed by atoms with E-state index in [9.17, 15) is 0 Å². The summed E-state index contributed by atoms with van der Waals surface area (Å²) in [6.45, 7) is 6.57. The van der Waals surface area contributed by atoms with Crippen LogP contribution in [0.1, 0.15) is 18.1 Å². The van der Waals surface area contributed by atoms with Gasteiger partial charge in [-0.25, -0.2) is 0 Å². The highest BCUT2D eigenvalue weighted by Gasteiger charge is 2.00. The van der Waals surface area contributed by atoms with Crippen molar-refractivity contribution in [3.8, 4) is 0 Å². The Morgan fingerprint density at radius 3 is 2.64 bits per heavy atom. The molecule has 0 saturated carbocycles. The third-order valence-corrected chi connectivity index (χ3v) is 2.85. The van der Waals surface area contributed by atoms with Crippen molar-refractivity contribution >= 4 is 11.3 Å². The van der Waals surface area contributed by atoms with Crippen molar-refractivity contribution in [3.05, 3.63) is 21.9 Å². The summed E-state index contributed by atoms with van der Waals surface area (Å²) in [6.07, 6.45) is 0. The zero-order chi connectivity index (χ0) is 8.27. The third kappa shape index (κ3) is 2.31. The summed E-state index contributed by atoms with van der Waals surface area (Å²) in [4.78, 5) is 2.31. The highest BCUT2D eigenvalue weighted by atomic mass is 32.1. The summed E-state index contributed by atoms with van der Waals surface area (Å²) in [5.74, 6) is 0. The van der Waals surface area contributed by atoms with Gasteiger partial charge in [-0.1, -0.05) is 6.92 Å². The second-order valence-corrected chi connectivity index (χ2v) is 3.65. The largest absolute Gasteiger partial charge is 0.302 e. The Morgan fingerprint density at radius 1 is 1.45 bits per heavy atom. The average molecular weight is 169 g/mol.